The number of oxazole rings is 1. The molecule has 0 spiro atoms. The smallest absolute Gasteiger partial charge is 0.270 e. The molecule has 108 valence electrons. The number of rotatable bonds is 3. The maximum Gasteiger partial charge on any atom is 0.270 e. The Kier molecular flexibility index (Phi) is 4.12. The number of benzene rings is 1. The molecule has 1 aromatic heterocycles. The van der Waals surface area contributed by atoms with Crippen LogP contribution >= 0.6 is 23.8 Å². The number of aromatic nitrogens is 1. The van der Waals surface area contributed by atoms with Crippen LogP contribution in [0.1, 0.15) is 6.92 Å². The Morgan fingerprint density at radius 2 is 1.90 bits per heavy atom. The van der Waals surface area contributed by atoms with Crippen LogP contribution in [0.5, 0.6) is 0 Å². The predicted molar refractivity (Wildman–Crippen MR) is 83.7 cm³/mol. The quantitative estimate of drug-likeness (QED) is 0.813. The van der Waals surface area contributed by atoms with E-state index in [4.69, 9.17) is 28.2 Å². The fraction of sp³-hybridized carbons (Fsp3) is 0.500. The molecule has 4 nitrogen and oxygen atoms in total. The van der Waals surface area contributed by atoms with Gasteiger partial charge in [0.05, 0.1) is 12.2 Å². The summed E-state index contributed by atoms with van der Waals surface area (Å²) in [5, 5.41) is 0.671. The summed E-state index contributed by atoms with van der Waals surface area (Å²) in [7, 11) is 0. The molecule has 0 atom stereocenters. The second-order valence-corrected chi connectivity index (χ2v) is 5.89. The molecule has 0 N–H and O–H groups in total. The molecule has 2 aromatic rings. The Morgan fingerprint density at radius 3 is 2.60 bits per heavy atom. The van der Waals surface area contributed by atoms with Crippen molar-refractivity contribution in [1.29, 1.82) is 0 Å². The van der Waals surface area contributed by atoms with Crippen LogP contribution in [0, 0.1) is 4.84 Å². The summed E-state index contributed by atoms with van der Waals surface area (Å²) in [4.78, 5) is 5.38. The average molecular weight is 312 g/mol. The van der Waals surface area contributed by atoms with E-state index in [-0.39, 0.29) is 0 Å². The van der Waals surface area contributed by atoms with Crippen molar-refractivity contribution >= 4 is 34.9 Å². The van der Waals surface area contributed by atoms with Crippen LogP contribution in [0.25, 0.3) is 11.1 Å². The van der Waals surface area contributed by atoms with Gasteiger partial charge in [0, 0.05) is 37.3 Å². The molecule has 1 aromatic carbocycles. The Morgan fingerprint density at radius 1 is 1.20 bits per heavy atom. The standard InChI is InChI=1S/C14H18ClN3OS/c1-2-16-5-7-17(8-6-16)10-18-12-4-3-11(15)9-13(12)19-14(18)20/h3-4,9H,2,5-8,10H2,1H3. The number of fused-ring (bicyclic) bond motifs is 1. The van der Waals surface area contributed by atoms with E-state index >= 15 is 0 Å². The Hall–Kier alpha value is -0.880. The van der Waals surface area contributed by atoms with E-state index in [1.165, 1.54) is 0 Å². The Bertz CT molecular complexity index is 658. The lowest BCUT2D eigenvalue weighted by atomic mass is 10.3. The number of hydrogen-bond acceptors (Lipinski definition) is 4. The molecule has 6 heteroatoms. The molecule has 0 bridgehead atoms. The van der Waals surface area contributed by atoms with Crippen molar-refractivity contribution in [3.8, 4) is 0 Å². The minimum Gasteiger partial charge on any atom is -0.429 e. The number of piperazine rings is 1. The molecular weight excluding hydrogens is 294 g/mol. The highest BCUT2D eigenvalue weighted by molar-refractivity contribution is 7.71. The molecule has 3 rings (SSSR count). The van der Waals surface area contributed by atoms with E-state index in [1.54, 1.807) is 0 Å². The van der Waals surface area contributed by atoms with Crippen molar-refractivity contribution in [2.24, 2.45) is 0 Å². The van der Waals surface area contributed by atoms with E-state index in [2.05, 4.69) is 16.7 Å². The van der Waals surface area contributed by atoms with Gasteiger partial charge in [-0.3, -0.25) is 9.47 Å². The highest BCUT2D eigenvalue weighted by Gasteiger charge is 2.17. The van der Waals surface area contributed by atoms with Crippen LogP contribution < -0.4 is 0 Å². The van der Waals surface area contributed by atoms with Gasteiger partial charge in [-0.05, 0) is 30.9 Å². The second kappa shape index (κ2) is 5.85. The molecule has 1 aliphatic rings. The average Bonchev–Trinajstić information content (AvgIpc) is 2.75. The van der Waals surface area contributed by atoms with Crippen molar-refractivity contribution in [3.63, 3.8) is 0 Å². The van der Waals surface area contributed by atoms with Gasteiger partial charge in [-0.1, -0.05) is 18.5 Å². The fourth-order valence-electron chi connectivity index (χ4n) is 2.62. The van der Waals surface area contributed by atoms with Crippen LogP contribution in [-0.2, 0) is 6.67 Å². The number of halogens is 1. The van der Waals surface area contributed by atoms with E-state index < -0.39 is 0 Å². The first kappa shape index (κ1) is 14.1. The third-order valence-electron chi connectivity index (χ3n) is 3.88. The van der Waals surface area contributed by atoms with Crippen molar-refractivity contribution in [1.82, 2.24) is 14.4 Å². The lowest BCUT2D eigenvalue weighted by Gasteiger charge is -2.33. The largest absolute Gasteiger partial charge is 0.429 e. The zero-order valence-corrected chi connectivity index (χ0v) is 13.1. The summed E-state index contributed by atoms with van der Waals surface area (Å²) in [6, 6.07) is 5.66. The minimum atomic E-state index is 0.514. The molecule has 0 unspecified atom stereocenters. The van der Waals surface area contributed by atoms with E-state index in [0.717, 1.165) is 50.5 Å². The van der Waals surface area contributed by atoms with E-state index in [0.29, 0.717) is 9.86 Å². The summed E-state index contributed by atoms with van der Waals surface area (Å²) < 4.78 is 7.66. The third kappa shape index (κ3) is 2.76. The summed E-state index contributed by atoms with van der Waals surface area (Å²) in [5.41, 5.74) is 1.77. The van der Waals surface area contributed by atoms with Gasteiger partial charge in [0.15, 0.2) is 5.58 Å². The van der Waals surface area contributed by atoms with Crippen LogP contribution in [0.15, 0.2) is 22.6 Å². The fourth-order valence-corrected chi connectivity index (χ4v) is 3.03. The first-order valence-corrected chi connectivity index (χ1v) is 7.69. The molecule has 1 fully saturated rings. The SMILES string of the molecule is CCN1CCN(Cn2c(=S)oc3cc(Cl)ccc32)CC1. The van der Waals surface area contributed by atoms with Crippen LogP contribution in [0.4, 0.5) is 0 Å². The molecule has 0 radical (unpaired) electrons. The maximum atomic E-state index is 5.98. The van der Waals surface area contributed by atoms with Gasteiger partial charge in [-0.2, -0.15) is 0 Å². The van der Waals surface area contributed by atoms with E-state index in [1.807, 2.05) is 22.8 Å². The number of nitrogens with zero attached hydrogens (tertiary/aromatic N) is 3. The molecule has 2 heterocycles. The van der Waals surface area contributed by atoms with E-state index in [9.17, 15) is 0 Å². The molecule has 1 aliphatic heterocycles. The van der Waals surface area contributed by atoms with Gasteiger partial charge in [0.1, 0.15) is 0 Å². The summed E-state index contributed by atoms with van der Waals surface area (Å²) in [6.45, 7) is 8.48. The lowest BCUT2D eigenvalue weighted by molar-refractivity contribution is 0.111. The first-order valence-electron chi connectivity index (χ1n) is 6.91. The van der Waals surface area contributed by atoms with Gasteiger partial charge < -0.3 is 9.32 Å². The summed E-state index contributed by atoms with van der Waals surface area (Å²) in [5.74, 6) is 0. The highest BCUT2D eigenvalue weighted by atomic mass is 35.5. The van der Waals surface area contributed by atoms with Gasteiger partial charge >= 0.3 is 0 Å². The van der Waals surface area contributed by atoms with Crippen molar-refractivity contribution in [3.05, 3.63) is 28.1 Å². The minimum absolute atomic E-state index is 0.514. The number of hydrogen-bond donors (Lipinski definition) is 0. The van der Waals surface area contributed by atoms with Crippen LogP contribution in [0.3, 0.4) is 0 Å². The molecule has 0 amide bonds. The zero-order valence-electron chi connectivity index (χ0n) is 11.5. The van der Waals surface area contributed by atoms with Gasteiger partial charge in [-0.15, -0.1) is 0 Å². The zero-order chi connectivity index (χ0) is 14.1. The maximum absolute atomic E-state index is 5.98. The Labute approximate surface area is 128 Å². The molecule has 0 aliphatic carbocycles. The monoisotopic (exact) mass is 311 g/mol. The topological polar surface area (TPSA) is 24.6 Å². The lowest BCUT2D eigenvalue weighted by Crippen LogP contribution is -2.46. The van der Waals surface area contributed by atoms with Gasteiger partial charge in [0.25, 0.3) is 4.84 Å². The normalized spacial score (nSPS) is 17.9. The summed E-state index contributed by atoms with van der Waals surface area (Å²) in [6.07, 6.45) is 0. The number of likely N-dealkylation sites (N-methyl/N-ethyl adjacent to an activating group) is 1. The van der Waals surface area contributed by atoms with Crippen LogP contribution in [-0.4, -0.2) is 47.1 Å². The predicted octanol–water partition coefficient (Wildman–Crippen LogP) is 3.21. The van der Waals surface area contributed by atoms with Crippen molar-refractivity contribution in [2.75, 3.05) is 32.7 Å². The molecule has 1 saturated heterocycles. The highest BCUT2D eigenvalue weighted by Crippen LogP contribution is 2.22. The van der Waals surface area contributed by atoms with Gasteiger partial charge in [0.2, 0.25) is 0 Å². The van der Waals surface area contributed by atoms with Crippen LogP contribution in [0.2, 0.25) is 5.02 Å². The van der Waals surface area contributed by atoms with Crippen molar-refractivity contribution < 1.29 is 4.42 Å². The van der Waals surface area contributed by atoms with Gasteiger partial charge in [-0.25, -0.2) is 0 Å². The summed E-state index contributed by atoms with van der Waals surface area (Å²) >= 11 is 11.3. The second-order valence-electron chi connectivity index (χ2n) is 5.10. The van der Waals surface area contributed by atoms with Crippen molar-refractivity contribution in [2.45, 2.75) is 13.6 Å². The molecular formula is C14H18ClN3OS. The molecule has 0 saturated carbocycles. The Balaban J connectivity index is 1.81. The first-order chi connectivity index (χ1) is 9.67. The third-order valence-corrected chi connectivity index (χ3v) is 4.42. The molecule has 20 heavy (non-hydrogen) atoms.